The minimum absolute atomic E-state index is 0.0585. The smallest absolute Gasteiger partial charge is 0.0824 e. The number of hydrogen-bond acceptors (Lipinski definition) is 2. The van der Waals surface area contributed by atoms with Crippen LogP contribution in [0.3, 0.4) is 0 Å². The van der Waals surface area contributed by atoms with Gasteiger partial charge in [-0.25, -0.2) is 0 Å². The zero-order valence-corrected chi connectivity index (χ0v) is 22.5. The molecule has 0 saturated heterocycles. The largest absolute Gasteiger partial charge is 0.396 e. The van der Waals surface area contributed by atoms with Crippen LogP contribution >= 0.6 is 0 Å². The van der Waals surface area contributed by atoms with Crippen LogP contribution in [0.15, 0.2) is 47.6 Å². The molecule has 3 saturated carbocycles. The number of ether oxygens (including phenoxy) is 1. The molecule has 0 radical (unpaired) electrons. The molecule has 2 heteroatoms. The molecule has 0 aromatic rings. The van der Waals surface area contributed by atoms with Gasteiger partial charge in [-0.05, 0) is 91.1 Å². The van der Waals surface area contributed by atoms with Crippen molar-refractivity contribution >= 4 is 0 Å². The lowest BCUT2D eigenvalue weighted by Crippen LogP contribution is -2.36. The third-order valence-electron chi connectivity index (χ3n) is 9.52. The van der Waals surface area contributed by atoms with Crippen molar-refractivity contribution in [3.63, 3.8) is 0 Å². The summed E-state index contributed by atoms with van der Waals surface area (Å²) in [6.07, 6.45) is 18.5. The van der Waals surface area contributed by atoms with Gasteiger partial charge in [0.15, 0.2) is 0 Å². The molecule has 3 aliphatic carbocycles. The lowest BCUT2D eigenvalue weighted by atomic mass is 9.61. The highest BCUT2D eigenvalue weighted by Gasteiger charge is 2.50. The SMILES string of the molecule is C=C1/C(=C/C=C2\CCCC3(C)C2CCC3C(C)/C=C/C(OC)C(C)(C)CO)CC(C)CC1C. The van der Waals surface area contributed by atoms with E-state index in [1.54, 1.807) is 12.7 Å². The Morgan fingerprint density at radius 2 is 1.94 bits per heavy atom. The van der Waals surface area contributed by atoms with Gasteiger partial charge < -0.3 is 9.84 Å². The van der Waals surface area contributed by atoms with Crippen LogP contribution < -0.4 is 0 Å². The molecule has 0 heterocycles. The summed E-state index contributed by atoms with van der Waals surface area (Å²) in [7, 11) is 1.75. The van der Waals surface area contributed by atoms with E-state index in [0.29, 0.717) is 29.1 Å². The van der Waals surface area contributed by atoms with Gasteiger partial charge in [0.2, 0.25) is 0 Å². The molecule has 7 unspecified atom stereocenters. The maximum Gasteiger partial charge on any atom is 0.0824 e. The second-order valence-electron chi connectivity index (χ2n) is 12.5. The number of allylic oxidation sites excluding steroid dienone is 6. The fourth-order valence-corrected chi connectivity index (χ4v) is 7.34. The van der Waals surface area contributed by atoms with E-state index in [0.717, 1.165) is 5.92 Å². The van der Waals surface area contributed by atoms with Crippen LogP contribution in [0.5, 0.6) is 0 Å². The van der Waals surface area contributed by atoms with Crippen molar-refractivity contribution < 1.29 is 9.84 Å². The Balaban J connectivity index is 1.76. The summed E-state index contributed by atoms with van der Waals surface area (Å²) in [4.78, 5) is 0. The zero-order chi connectivity index (χ0) is 24.4. The monoisotopic (exact) mass is 454 g/mol. The highest BCUT2D eigenvalue weighted by atomic mass is 16.5. The number of aliphatic hydroxyl groups excluding tert-OH is 1. The van der Waals surface area contributed by atoms with E-state index < -0.39 is 0 Å². The van der Waals surface area contributed by atoms with E-state index in [2.05, 4.69) is 72.4 Å². The van der Waals surface area contributed by atoms with Gasteiger partial charge in [-0.15, -0.1) is 0 Å². The van der Waals surface area contributed by atoms with Crippen molar-refractivity contribution in [1.82, 2.24) is 0 Å². The van der Waals surface area contributed by atoms with Crippen LogP contribution in [-0.2, 0) is 4.74 Å². The first-order valence-electron chi connectivity index (χ1n) is 13.4. The highest BCUT2D eigenvalue weighted by molar-refractivity contribution is 5.37. The Labute approximate surface area is 204 Å². The van der Waals surface area contributed by atoms with Crippen molar-refractivity contribution in [2.45, 2.75) is 92.6 Å². The van der Waals surface area contributed by atoms with Gasteiger partial charge >= 0.3 is 0 Å². The van der Waals surface area contributed by atoms with Crippen LogP contribution in [0.2, 0.25) is 0 Å². The summed E-state index contributed by atoms with van der Waals surface area (Å²) in [5.74, 6) is 3.31. The molecule has 33 heavy (non-hydrogen) atoms. The minimum atomic E-state index is -0.264. The first kappa shape index (κ1) is 26.5. The van der Waals surface area contributed by atoms with Gasteiger partial charge in [0.05, 0.1) is 12.7 Å². The van der Waals surface area contributed by atoms with E-state index >= 15 is 0 Å². The molecule has 3 fully saturated rings. The Kier molecular flexibility index (Phi) is 8.55. The third kappa shape index (κ3) is 5.59. The van der Waals surface area contributed by atoms with Crippen LogP contribution in [0.25, 0.3) is 0 Å². The van der Waals surface area contributed by atoms with Crippen LogP contribution in [0.4, 0.5) is 0 Å². The molecule has 0 amide bonds. The van der Waals surface area contributed by atoms with E-state index in [1.165, 1.54) is 56.1 Å². The van der Waals surface area contributed by atoms with Crippen molar-refractivity contribution in [3.8, 4) is 0 Å². The van der Waals surface area contributed by atoms with Gasteiger partial charge in [0.1, 0.15) is 0 Å². The van der Waals surface area contributed by atoms with Crippen LogP contribution in [0, 0.1) is 40.4 Å². The standard InChI is InChI=1S/C31H50O2/c1-21-18-23(3)24(4)26(19-21)13-12-25-10-9-17-31(7)27(14-15-28(25)31)22(2)11-16-29(33-8)30(5,6)20-32/h11-13,16,21-23,27-29,32H,4,9-10,14-15,17-20H2,1-3,5-8H3/b16-11+,25-12+,26-13+. The summed E-state index contributed by atoms with van der Waals surface area (Å²) in [6, 6.07) is 0. The topological polar surface area (TPSA) is 29.5 Å². The molecule has 1 N–H and O–H groups in total. The number of methoxy groups -OCH3 is 1. The Morgan fingerprint density at radius 1 is 1.21 bits per heavy atom. The quantitative estimate of drug-likeness (QED) is 0.396. The van der Waals surface area contributed by atoms with E-state index in [1.807, 2.05) is 0 Å². The molecule has 3 aliphatic rings. The number of rotatable bonds is 7. The lowest BCUT2D eigenvalue weighted by molar-refractivity contribution is 0.00582. The molecule has 186 valence electrons. The molecule has 0 aliphatic heterocycles. The molecule has 2 nitrogen and oxygen atoms in total. The van der Waals surface area contributed by atoms with Gasteiger partial charge in [-0.1, -0.05) is 78.0 Å². The lowest BCUT2D eigenvalue weighted by Gasteiger charge is -2.44. The van der Waals surface area contributed by atoms with Gasteiger partial charge in [0, 0.05) is 12.5 Å². The van der Waals surface area contributed by atoms with Crippen molar-refractivity contribution in [2.24, 2.45) is 40.4 Å². The normalized spacial score (nSPS) is 37.6. The van der Waals surface area contributed by atoms with Gasteiger partial charge in [0.25, 0.3) is 0 Å². The summed E-state index contributed by atoms with van der Waals surface area (Å²) in [5.41, 5.74) is 4.66. The average Bonchev–Trinajstić information content (AvgIpc) is 3.12. The first-order chi connectivity index (χ1) is 15.5. The number of fused-ring (bicyclic) bond motifs is 1. The molecule has 0 aromatic heterocycles. The van der Waals surface area contributed by atoms with Crippen molar-refractivity contribution in [1.29, 1.82) is 0 Å². The summed E-state index contributed by atoms with van der Waals surface area (Å²) in [6.45, 7) is 18.4. The minimum Gasteiger partial charge on any atom is -0.396 e. The van der Waals surface area contributed by atoms with Crippen molar-refractivity contribution in [2.75, 3.05) is 13.7 Å². The maximum atomic E-state index is 9.76. The van der Waals surface area contributed by atoms with Crippen LogP contribution in [-0.4, -0.2) is 24.9 Å². The molecule has 7 atom stereocenters. The van der Waals surface area contributed by atoms with E-state index in [-0.39, 0.29) is 18.1 Å². The Morgan fingerprint density at radius 3 is 2.61 bits per heavy atom. The second kappa shape index (κ2) is 10.6. The first-order valence-corrected chi connectivity index (χ1v) is 13.4. The predicted molar refractivity (Wildman–Crippen MR) is 141 cm³/mol. The number of hydrogen-bond donors (Lipinski definition) is 1. The van der Waals surface area contributed by atoms with Gasteiger partial charge in [-0.2, -0.15) is 0 Å². The van der Waals surface area contributed by atoms with E-state index in [9.17, 15) is 5.11 Å². The molecule has 0 aromatic carbocycles. The highest BCUT2D eigenvalue weighted by Crippen LogP contribution is 2.59. The molecule has 0 spiro atoms. The molecule has 3 rings (SSSR count). The molecular formula is C31H50O2. The third-order valence-corrected chi connectivity index (χ3v) is 9.52. The molecular weight excluding hydrogens is 404 g/mol. The van der Waals surface area contributed by atoms with E-state index in [4.69, 9.17) is 4.74 Å². The zero-order valence-electron chi connectivity index (χ0n) is 22.5. The Hall–Kier alpha value is -1.12. The van der Waals surface area contributed by atoms with Gasteiger partial charge in [-0.3, -0.25) is 0 Å². The summed E-state index contributed by atoms with van der Waals surface area (Å²) < 4.78 is 5.71. The maximum absolute atomic E-state index is 9.76. The average molecular weight is 455 g/mol. The predicted octanol–water partition coefficient (Wildman–Crippen LogP) is 7.90. The summed E-state index contributed by atoms with van der Waals surface area (Å²) in [5, 5.41) is 9.76. The van der Waals surface area contributed by atoms with Crippen LogP contribution in [0.1, 0.15) is 86.5 Å². The second-order valence-corrected chi connectivity index (χ2v) is 12.5. The number of aliphatic hydroxyl groups is 1. The van der Waals surface area contributed by atoms with Crippen molar-refractivity contribution in [3.05, 3.63) is 47.6 Å². The fourth-order valence-electron chi connectivity index (χ4n) is 7.34. The molecule has 0 bridgehead atoms. The fraction of sp³-hybridized carbons (Fsp3) is 0.742. The summed E-state index contributed by atoms with van der Waals surface area (Å²) >= 11 is 0. The Bertz CT molecular complexity index is 785.